The molecule has 19 heavy (non-hydrogen) atoms. The summed E-state index contributed by atoms with van der Waals surface area (Å²) in [6.07, 6.45) is 3.23. The summed E-state index contributed by atoms with van der Waals surface area (Å²) in [5.74, 6) is 0.766. The Labute approximate surface area is 114 Å². The normalized spacial score (nSPS) is 10.6. The van der Waals surface area contributed by atoms with Crippen molar-refractivity contribution in [3.05, 3.63) is 47.2 Å². The summed E-state index contributed by atoms with van der Waals surface area (Å²) in [6, 6.07) is 9.41. The fraction of sp³-hybridized carbons (Fsp3) is 0.0714. The van der Waals surface area contributed by atoms with Gasteiger partial charge in [0.15, 0.2) is 0 Å². The van der Waals surface area contributed by atoms with E-state index in [1.165, 1.54) is 6.20 Å². The molecule has 0 amide bonds. The number of nitrogens with zero attached hydrogens (tertiary/aromatic N) is 4. The molecule has 0 saturated carbocycles. The summed E-state index contributed by atoms with van der Waals surface area (Å²) in [6.45, 7) is 0. The van der Waals surface area contributed by atoms with Gasteiger partial charge in [-0.25, -0.2) is 4.98 Å². The molecule has 0 aliphatic heterocycles. The minimum absolute atomic E-state index is 0.516. The molecule has 1 aromatic carbocycles. The number of nitriles is 1. The molecule has 0 atom stereocenters. The lowest BCUT2D eigenvalue weighted by Crippen LogP contribution is -1.93. The highest BCUT2D eigenvalue weighted by Crippen LogP contribution is 2.25. The lowest BCUT2D eigenvalue weighted by molar-refractivity contribution is 0.957. The summed E-state index contributed by atoms with van der Waals surface area (Å²) in [5, 5.41) is 9.59. The van der Waals surface area contributed by atoms with E-state index >= 15 is 0 Å². The highest BCUT2D eigenvalue weighted by atomic mass is 35.5. The molecular weight excluding hydrogens is 260 g/mol. The fourth-order valence-electron chi connectivity index (χ4n) is 2.04. The van der Waals surface area contributed by atoms with Gasteiger partial charge in [0, 0.05) is 30.0 Å². The van der Waals surface area contributed by atoms with Gasteiger partial charge in [-0.3, -0.25) is 4.98 Å². The first kappa shape index (κ1) is 11.7. The van der Waals surface area contributed by atoms with Crippen molar-refractivity contribution in [2.75, 3.05) is 0 Å². The number of halogens is 1. The molecule has 0 spiro atoms. The number of hydrogen-bond donors (Lipinski definition) is 0. The van der Waals surface area contributed by atoms with Crippen LogP contribution in [0.4, 0.5) is 0 Å². The molecule has 3 aromatic rings. The molecule has 0 unspecified atom stereocenters. The van der Waals surface area contributed by atoms with E-state index < -0.39 is 0 Å². The Hall–Kier alpha value is -2.38. The molecule has 0 radical (unpaired) electrons. The second kappa shape index (κ2) is 4.38. The molecule has 0 aliphatic carbocycles. The van der Waals surface area contributed by atoms with Crippen LogP contribution in [0.15, 0.2) is 36.7 Å². The summed E-state index contributed by atoms with van der Waals surface area (Å²) >= 11 is 6.00. The van der Waals surface area contributed by atoms with Crippen LogP contribution in [0.5, 0.6) is 0 Å². The number of aromatic nitrogens is 3. The average molecular weight is 269 g/mol. The van der Waals surface area contributed by atoms with Gasteiger partial charge in [0.1, 0.15) is 11.9 Å². The van der Waals surface area contributed by atoms with Crippen LogP contribution in [0.3, 0.4) is 0 Å². The Balaban J connectivity index is 2.25. The van der Waals surface area contributed by atoms with E-state index in [9.17, 15) is 0 Å². The molecule has 0 N–H and O–H groups in total. The molecule has 3 rings (SSSR count). The van der Waals surface area contributed by atoms with Crippen molar-refractivity contribution in [3.63, 3.8) is 0 Å². The minimum atomic E-state index is 0.516. The number of fused-ring (bicyclic) bond motifs is 1. The molecule has 2 heterocycles. The van der Waals surface area contributed by atoms with Crippen LogP contribution < -0.4 is 0 Å². The van der Waals surface area contributed by atoms with Gasteiger partial charge in [0.25, 0.3) is 0 Å². The van der Waals surface area contributed by atoms with Crippen molar-refractivity contribution < 1.29 is 0 Å². The predicted molar refractivity (Wildman–Crippen MR) is 73.7 cm³/mol. The average Bonchev–Trinajstić information content (AvgIpc) is 2.76. The molecular formula is C14H9ClN4. The quantitative estimate of drug-likeness (QED) is 0.681. The second-order valence-electron chi connectivity index (χ2n) is 4.20. The molecule has 0 fully saturated rings. The monoisotopic (exact) mass is 268 g/mol. The zero-order valence-electron chi connectivity index (χ0n) is 10.1. The van der Waals surface area contributed by atoms with Crippen LogP contribution in [0.2, 0.25) is 5.02 Å². The molecule has 0 bridgehead atoms. The molecule has 92 valence electrons. The standard InChI is InChI=1S/C14H9ClN4/c1-19-13-5-11(15)2-3-12(13)18-14(19)10-4-9(6-16)7-17-8-10/h2-5,7-8H,1H3. The van der Waals surface area contributed by atoms with Gasteiger partial charge in [-0.1, -0.05) is 11.6 Å². The Bertz CT molecular complexity index is 814. The number of pyridine rings is 1. The summed E-state index contributed by atoms with van der Waals surface area (Å²) in [7, 11) is 1.92. The van der Waals surface area contributed by atoms with Gasteiger partial charge >= 0.3 is 0 Å². The van der Waals surface area contributed by atoms with E-state index in [4.69, 9.17) is 16.9 Å². The van der Waals surface area contributed by atoms with Crippen molar-refractivity contribution >= 4 is 22.6 Å². The van der Waals surface area contributed by atoms with Crippen LogP contribution in [-0.2, 0) is 7.05 Å². The lowest BCUT2D eigenvalue weighted by Gasteiger charge is -2.02. The minimum Gasteiger partial charge on any atom is -0.327 e. The first-order chi connectivity index (χ1) is 9.19. The second-order valence-corrected chi connectivity index (χ2v) is 4.64. The highest BCUT2D eigenvalue weighted by Gasteiger charge is 2.10. The smallest absolute Gasteiger partial charge is 0.142 e. The maximum Gasteiger partial charge on any atom is 0.142 e. The van der Waals surface area contributed by atoms with Gasteiger partial charge in [0.05, 0.1) is 16.6 Å². The van der Waals surface area contributed by atoms with Crippen LogP contribution in [0, 0.1) is 11.3 Å². The summed E-state index contributed by atoms with van der Waals surface area (Å²) in [4.78, 5) is 8.61. The molecule has 0 aliphatic rings. The predicted octanol–water partition coefficient (Wildman–Crippen LogP) is 3.16. The third-order valence-electron chi connectivity index (χ3n) is 2.97. The van der Waals surface area contributed by atoms with Crippen molar-refractivity contribution in [1.82, 2.24) is 14.5 Å². The van der Waals surface area contributed by atoms with Gasteiger partial charge in [0.2, 0.25) is 0 Å². The van der Waals surface area contributed by atoms with E-state index in [1.807, 2.05) is 29.8 Å². The van der Waals surface area contributed by atoms with Crippen molar-refractivity contribution in [1.29, 1.82) is 5.26 Å². The van der Waals surface area contributed by atoms with Crippen molar-refractivity contribution in [2.24, 2.45) is 7.05 Å². The number of hydrogen-bond acceptors (Lipinski definition) is 3. The number of aryl methyl sites for hydroxylation is 1. The lowest BCUT2D eigenvalue weighted by atomic mass is 10.2. The van der Waals surface area contributed by atoms with Crippen LogP contribution >= 0.6 is 11.6 Å². The summed E-state index contributed by atoms with van der Waals surface area (Å²) < 4.78 is 1.94. The Morgan fingerprint density at radius 3 is 2.89 bits per heavy atom. The van der Waals surface area contributed by atoms with E-state index in [0.717, 1.165) is 22.4 Å². The van der Waals surface area contributed by atoms with Crippen molar-refractivity contribution in [2.45, 2.75) is 0 Å². The van der Waals surface area contributed by atoms with Gasteiger partial charge in [-0.2, -0.15) is 5.26 Å². The Kier molecular flexibility index (Phi) is 2.69. The maximum absolute atomic E-state index is 8.92. The van der Waals surface area contributed by atoms with Gasteiger partial charge in [-0.15, -0.1) is 0 Å². The first-order valence-electron chi connectivity index (χ1n) is 5.66. The third-order valence-corrected chi connectivity index (χ3v) is 3.20. The topological polar surface area (TPSA) is 54.5 Å². The van der Waals surface area contributed by atoms with Crippen LogP contribution in [0.1, 0.15) is 5.56 Å². The molecule has 2 aromatic heterocycles. The first-order valence-corrected chi connectivity index (χ1v) is 6.04. The van der Waals surface area contributed by atoms with E-state index in [-0.39, 0.29) is 0 Å². The number of benzene rings is 1. The van der Waals surface area contributed by atoms with E-state index in [2.05, 4.69) is 16.0 Å². The molecule has 0 saturated heterocycles. The van der Waals surface area contributed by atoms with Crippen molar-refractivity contribution in [3.8, 4) is 17.5 Å². The van der Waals surface area contributed by atoms with Crippen LogP contribution in [0.25, 0.3) is 22.4 Å². The fourth-order valence-corrected chi connectivity index (χ4v) is 2.21. The van der Waals surface area contributed by atoms with Gasteiger partial charge < -0.3 is 4.57 Å². The number of rotatable bonds is 1. The highest BCUT2D eigenvalue weighted by molar-refractivity contribution is 6.31. The molecule has 4 nitrogen and oxygen atoms in total. The largest absolute Gasteiger partial charge is 0.327 e. The zero-order valence-corrected chi connectivity index (χ0v) is 10.9. The maximum atomic E-state index is 8.92. The Morgan fingerprint density at radius 2 is 2.11 bits per heavy atom. The molecule has 5 heteroatoms. The Morgan fingerprint density at radius 1 is 1.26 bits per heavy atom. The number of imidazole rings is 1. The summed E-state index contributed by atoms with van der Waals surface area (Å²) in [5.41, 5.74) is 3.14. The van der Waals surface area contributed by atoms with Crippen LogP contribution in [-0.4, -0.2) is 14.5 Å². The van der Waals surface area contributed by atoms with E-state index in [1.54, 1.807) is 12.3 Å². The third kappa shape index (κ3) is 1.94. The van der Waals surface area contributed by atoms with E-state index in [0.29, 0.717) is 10.6 Å². The zero-order chi connectivity index (χ0) is 13.4. The van der Waals surface area contributed by atoms with Gasteiger partial charge in [-0.05, 0) is 24.3 Å². The SMILES string of the molecule is Cn1c(-c2cncc(C#N)c2)nc2ccc(Cl)cc21.